The van der Waals surface area contributed by atoms with E-state index in [-0.39, 0.29) is 17.9 Å². The Morgan fingerprint density at radius 3 is 2.56 bits per heavy atom. The first-order valence-electron chi connectivity index (χ1n) is 6.24. The van der Waals surface area contributed by atoms with Gasteiger partial charge in [0.25, 0.3) is 0 Å². The van der Waals surface area contributed by atoms with Crippen LogP contribution in [0.25, 0.3) is 0 Å². The van der Waals surface area contributed by atoms with Crippen LogP contribution in [0.2, 0.25) is 0 Å². The fraction of sp³-hybridized carbons (Fsp3) is 0.538. The third-order valence-corrected chi connectivity index (χ3v) is 5.22. The molecule has 0 unspecified atom stereocenters. The fourth-order valence-electron chi connectivity index (χ4n) is 1.98. The fourth-order valence-corrected chi connectivity index (χ4v) is 3.48. The smallest absolute Gasteiger partial charge is 0.180 e. The third kappa shape index (κ3) is 2.67. The predicted octanol–water partition coefficient (Wildman–Crippen LogP) is 1.81. The second kappa shape index (κ2) is 4.90. The highest BCUT2D eigenvalue weighted by atomic mass is 32.2. The minimum absolute atomic E-state index is 0.0369. The summed E-state index contributed by atoms with van der Waals surface area (Å²) in [4.78, 5) is 0.339. The van der Waals surface area contributed by atoms with E-state index in [4.69, 9.17) is 0 Å². The van der Waals surface area contributed by atoms with Crippen molar-refractivity contribution in [3.63, 3.8) is 0 Å². The van der Waals surface area contributed by atoms with Crippen molar-refractivity contribution in [2.75, 3.05) is 17.7 Å². The van der Waals surface area contributed by atoms with Gasteiger partial charge in [0.05, 0.1) is 28.5 Å². The summed E-state index contributed by atoms with van der Waals surface area (Å²) in [5, 5.41) is 12.5. The van der Waals surface area contributed by atoms with Crippen molar-refractivity contribution in [1.29, 1.82) is 0 Å². The van der Waals surface area contributed by atoms with Gasteiger partial charge in [0.2, 0.25) is 0 Å². The van der Waals surface area contributed by atoms with E-state index in [1.165, 1.54) is 0 Å². The van der Waals surface area contributed by atoms with Crippen molar-refractivity contribution >= 4 is 15.5 Å². The van der Waals surface area contributed by atoms with E-state index in [2.05, 4.69) is 5.32 Å². The Morgan fingerprint density at radius 2 is 2.00 bits per heavy atom. The van der Waals surface area contributed by atoms with Gasteiger partial charge in [-0.3, -0.25) is 0 Å². The molecule has 0 atom stereocenters. The standard InChI is InChI=1S/C13H19NO3S/c1-2-9-18(16,17)12-6-4-3-5-11(12)14-13(10-15)7-8-13/h3-6,14-15H,2,7-10H2,1H3. The van der Waals surface area contributed by atoms with Crippen LogP contribution in [0.1, 0.15) is 26.2 Å². The molecule has 0 saturated heterocycles. The topological polar surface area (TPSA) is 66.4 Å². The molecule has 100 valence electrons. The van der Waals surface area contributed by atoms with E-state index < -0.39 is 9.84 Å². The van der Waals surface area contributed by atoms with Crippen molar-refractivity contribution in [3.8, 4) is 0 Å². The number of anilines is 1. The van der Waals surface area contributed by atoms with Crippen LogP contribution in [-0.2, 0) is 9.84 Å². The van der Waals surface area contributed by atoms with Crippen molar-refractivity contribution < 1.29 is 13.5 Å². The maximum atomic E-state index is 12.1. The Balaban J connectivity index is 2.31. The second-order valence-corrected chi connectivity index (χ2v) is 6.96. The lowest BCUT2D eigenvalue weighted by atomic mass is 10.2. The molecule has 1 aliphatic carbocycles. The van der Waals surface area contributed by atoms with Gasteiger partial charge in [-0.05, 0) is 31.4 Å². The van der Waals surface area contributed by atoms with Gasteiger partial charge in [-0.15, -0.1) is 0 Å². The molecule has 1 aromatic rings. The molecule has 5 heteroatoms. The van der Waals surface area contributed by atoms with Crippen LogP contribution >= 0.6 is 0 Å². The highest BCUT2D eigenvalue weighted by molar-refractivity contribution is 7.91. The average molecular weight is 269 g/mol. The molecule has 0 spiro atoms. The number of aliphatic hydroxyl groups excluding tert-OH is 1. The molecule has 0 heterocycles. The zero-order valence-electron chi connectivity index (χ0n) is 10.5. The normalized spacial score (nSPS) is 17.4. The maximum absolute atomic E-state index is 12.1. The summed E-state index contributed by atoms with van der Waals surface area (Å²) in [5.74, 6) is 0.151. The number of benzene rings is 1. The van der Waals surface area contributed by atoms with Crippen molar-refractivity contribution in [3.05, 3.63) is 24.3 Å². The molecular formula is C13H19NO3S. The summed E-state index contributed by atoms with van der Waals surface area (Å²) in [6.07, 6.45) is 2.36. The Kier molecular flexibility index (Phi) is 3.64. The number of nitrogens with one attached hydrogen (secondary N) is 1. The van der Waals surface area contributed by atoms with Crippen LogP contribution in [0.15, 0.2) is 29.2 Å². The zero-order valence-corrected chi connectivity index (χ0v) is 11.3. The van der Waals surface area contributed by atoms with Crippen LogP contribution in [0, 0.1) is 0 Å². The Labute approximate surface area is 108 Å². The first kappa shape index (κ1) is 13.4. The monoisotopic (exact) mass is 269 g/mol. The average Bonchev–Trinajstić information content (AvgIpc) is 3.10. The van der Waals surface area contributed by atoms with E-state index in [0.717, 1.165) is 12.8 Å². The summed E-state index contributed by atoms with van der Waals surface area (Å²) in [7, 11) is -3.24. The van der Waals surface area contributed by atoms with E-state index in [0.29, 0.717) is 17.0 Å². The van der Waals surface area contributed by atoms with Crippen LogP contribution in [-0.4, -0.2) is 31.4 Å². The number of hydrogen-bond acceptors (Lipinski definition) is 4. The number of hydrogen-bond donors (Lipinski definition) is 2. The van der Waals surface area contributed by atoms with Gasteiger partial charge < -0.3 is 10.4 Å². The van der Waals surface area contributed by atoms with Gasteiger partial charge in [-0.25, -0.2) is 8.42 Å². The van der Waals surface area contributed by atoms with E-state index in [1.807, 2.05) is 6.92 Å². The minimum atomic E-state index is -3.24. The van der Waals surface area contributed by atoms with E-state index >= 15 is 0 Å². The lowest BCUT2D eigenvalue weighted by Gasteiger charge is -2.18. The summed E-state index contributed by atoms with van der Waals surface area (Å²) >= 11 is 0. The van der Waals surface area contributed by atoms with Gasteiger partial charge in [-0.2, -0.15) is 0 Å². The van der Waals surface area contributed by atoms with Crippen molar-refractivity contribution in [2.45, 2.75) is 36.6 Å². The summed E-state index contributed by atoms with van der Waals surface area (Å²) in [6, 6.07) is 6.92. The Morgan fingerprint density at radius 1 is 1.33 bits per heavy atom. The summed E-state index contributed by atoms with van der Waals surface area (Å²) in [5.41, 5.74) is 0.301. The number of para-hydroxylation sites is 1. The zero-order chi connectivity index (χ0) is 13.2. The largest absolute Gasteiger partial charge is 0.394 e. The summed E-state index contributed by atoms with van der Waals surface area (Å²) < 4.78 is 24.3. The SMILES string of the molecule is CCCS(=O)(=O)c1ccccc1NC1(CO)CC1. The molecule has 1 fully saturated rings. The van der Waals surface area contributed by atoms with E-state index in [1.54, 1.807) is 24.3 Å². The molecule has 2 rings (SSSR count). The molecule has 1 saturated carbocycles. The van der Waals surface area contributed by atoms with Crippen LogP contribution in [0.4, 0.5) is 5.69 Å². The minimum Gasteiger partial charge on any atom is -0.394 e. The van der Waals surface area contributed by atoms with Gasteiger partial charge >= 0.3 is 0 Å². The molecule has 18 heavy (non-hydrogen) atoms. The van der Waals surface area contributed by atoms with Gasteiger partial charge in [0.15, 0.2) is 9.84 Å². The van der Waals surface area contributed by atoms with Gasteiger partial charge in [0, 0.05) is 0 Å². The first-order chi connectivity index (χ1) is 8.53. The van der Waals surface area contributed by atoms with Gasteiger partial charge in [0.1, 0.15) is 0 Å². The number of rotatable bonds is 6. The first-order valence-corrected chi connectivity index (χ1v) is 7.89. The van der Waals surface area contributed by atoms with Crippen LogP contribution in [0.3, 0.4) is 0 Å². The molecule has 1 aliphatic rings. The van der Waals surface area contributed by atoms with Crippen molar-refractivity contribution in [2.24, 2.45) is 0 Å². The Bertz CT molecular complexity index is 521. The highest BCUT2D eigenvalue weighted by Gasteiger charge is 2.42. The lowest BCUT2D eigenvalue weighted by Crippen LogP contribution is -2.26. The van der Waals surface area contributed by atoms with Crippen LogP contribution < -0.4 is 5.32 Å². The molecule has 0 aliphatic heterocycles. The predicted molar refractivity (Wildman–Crippen MR) is 71.5 cm³/mol. The molecule has 4 nitrogen and oxygen atoms in total. The maximum Gasteiger partial charge on any atom is 0.180 e. The summed E-state index contributed by atoms with van der Waals surface area (Å²) in [6.45, 7) is 1.89. The molecule has 0 amide bonds. The van der Waals surface area contributed by atoms with Crippen LogP contribution in [0.5, 0.6) is 0 Å². The molecule has 0 radical (unpaired) electrons. The molecular weight excluding hydrogens is 250 g/mol. The second-order valence-electron chi connectivity index (χ2n) is 4.88. The van der Waals surface area contributed by atoms with Crippen molar-refractivity contribution in [1.82, 2.24) is 0 Å². The molecule has 2 N–H and O–H groups in total. The van der Waals surface area contributed by atoms with Gasteiger partial charge in [-0.1, -0.05) is 19.1 Å². The lowest BCUT2D eigenvalue weighted by molar-refractivity contribution is 0.266. The number of aliphatic hydroxyl groups is 1. The Hall–Kier alpha value is -1.07. The highest BCUT2D eigenvalue weighted by Crippen LogP contribution is 2.39. The molecule has 1 aromatic carbocycles. The molecule has 0 aromatic heterocycles. The number of sulfone groups is 1. The van der Waals surface area contributed by atoms with E-state index in [9.17, 15) is 13.5 Å². The quantitative estimate of drug-likeness (QED) is 0.826. The molecule has 0 bridgehead atoms. The third-order valence-electron chi connectivity index (χ3n) is 3.25.